The van der Waals surface area contributed by atoms with Crippen LogP contribution in [0.15, 0.2) is 12.1 Å². The molecule has 0 aromatic carbocycles. The molecular weight excluding hydrogens is 168 g/mol. The fourth-order valence-electron chi connectivity index (χ4n) is 0.738. The predicted octanol–water partition coefficient (Wildman–Crippen LogP) is 0.141. The minimum absolute atomic E-state index is 0.280. The zero-order valence-electron chi connectivity index (χ0n) is 7.23. The molecule has 68 valence electrons. The molecule has 0 fully saturated rings. The summed E-state index contributed by atoms with van der Waals surface area (Å²) in [6.07, 6.45) is -0.433. The molecule has 0 saturated heterocycles. The van der Waals surface area contributed by atoms with Crippen LogP contribution in [0.4, 0.5) is 5.82 Å². The smallest absolute Gasteiger partial charge is 0.163 e. The third kappa shape index (κ3) is 3.05. The zero-order valence-corrected chi connectivity index (χ0v) is 7.23. The molecule has 5 heteroatoms. The summed E-state index contributed by atoms with van der Waals surface area (Å²) in [5, 5.41) is 27.6. The molecule has 0 saturated carbocycles. The van der Waals surface area contributed by atoms with Gasteiger partial charge in [-0.25, -0.2) is 0 Å². The van der Waals surface area contributed by atoms with Crippen molar-refractivity contribution in [2.45, 2.75) is 13.0 Å². The van der Waals surface area contributed by atoms with E-state index in [0.717, 1.165) is 0 Å². The Hall–Kier alpha value is -1.67. The lowest BCUT2D eigenvalue weighted by atomic mass is 10.4. The molecule has 0 aliphatic heterocycles. The number of rotatable bonds is 3. The molecule has 0 aliphatic carbocycles. The monoisotopic (exact) mass is 178 g/mol. The van der Waals surface area contributed by atoms with Crippen molar-refractivity contribution in [3.63, 3.8) is 0 Å². The fourth-order valence-corrected chi connectivity index (χ4v) is 0.738. The van der Waals surface area contributed by atoms with Crippen molar-refractivity contribution in [3.8, 4) is 6.07 Å². The van der Waals surface area contributed by atoms with Gasteiger partial charge in [0.1, 0.15) is 11.9 Å². The van der Waals surface area contributed by atoms with Crippen LogP contribution in [0.5, 0.6) is 0 Å². The number of anilines is 1. The molecular formula is C8H10N4O. The molecule has 1 rings (SSSR count). The molecule has 0 radical (unpaired) electrons. The van der Waals surface area contributed by atoms with Crippen molar-refractivity contribution >= 4 is 5.82 Å². The lowest BCUT2D eigenvalue weighted by molar-refractivity contribution is 0.208. The Kier molecular flexibility index (Phi) is 3.17. The second-order valence-electron chi connectivity index (χ2n) is 2.65. The van der Waals surface area contributed by atoms with Crippen LogP contribution in [0.25, 0.3) is 0 Å². The molecule has 1 atom stereocenters. The highest BCUT2D eigenvalue weighted by Crippen LogP contribution is 2.00. The molecule has 5 nitrogen and oxygen atoms in total. The first-order chi connectivity index (χ1) is 6.22. The molecule has 1 aromatic rings. The Morgan fingerprint density at radius 2 is 2.38 bits per heavy atom. The van der Waals surface area contributed by atoms with Gasteiger partial charge in [0, 0.05) is 6.54 Å². The Bertz CT molecular complexity index is 301. The van der Waals surface area contributed by atoms with Gasteiger partial charge in [0.05, 0.1) is 6.10 Å². The predicted molar refractivity (Wildman–Crippen MR) is 46.9 cm³/mol. The summed E-state index contributed by atoms with van der Waals surface area (Å²) in [6.45, 7) is 2.09. The van der Waals surface area contributed by atoms with Crippen LogP contribution in [0, 0.1) is 11.3 Å². The molecule has 0 unspecified atom stereocenters. The van der Waals surface area contributed by atoms with Crippen LogP contribution in [-0.2, 0) is 0 Å². The van der Waals surface area contributed by atoms with Gasteiger partial charge in [-0.3, -0.25) is 0 Å². The SMILES string of the molecule is C[C@H](O)CNc1ccc(C#N)nn1. The van der Waals surface area contributed by atoms with Gasteiger partial charge in [-0.1, -0.05) is 0 Å². The van der Waals surface area contributed by atoms with Crippen LogP contribution >= 0.6 is 0 Å². The third-order valence-electron chi connectivity index (χ3n) is 1.36. The van der Waals surface area contributed by atoms with Crippen LogP contribution < -0.4 is 5.32 Å². The van der Waals surface area contributed by atoms with Gasteiger partial charge >= 0.3 is 0 Å². The highest BCUT2D eigenvalue weighted by atomic mass is 16.3. The van der Waals surface area contributed by atoms with Gasteiger partial charge in [0.15, 0.2) is 5.69 Å². The van der Waals surface area contributed by atoms with Gasteiger partial charge in [-0.2, -0.15) is 5.26 Å². The van der Waals surface area contributed by atoms with E-state index in [2.05, 4.69) is 15.5 Å². The number of nitrogens with one attached hydrogen (secondary N) is 1. The zero-order chi connectivity index (χ0) is 9.68. The summed E-state index contributed by atoms with van der Waals surface area (Å²) in [5.74, 6) is 0.555. The van der Waals surface area contributed by atoms with E-state index in [4.69, 9.17) is 10.4 Å². The van der Waals surface area contributed by atoms with Crippen molar-refractivity contribution in [3.05, 3.63) is 17.8 Å². The fraction of sp³-hybridized carbons (Fsp3) is 0.375. The Balaban J connectivity index is 2.55. The Morgan fingerprint density at radius 1 is 1.62 bits per heavy atom. The highest BCUT2D eigenvalue weighted by Gasteiger charge is 1.98. The summed E-state index contributed by atoms with van der Waals surface area (Å²) in [4.78, 5) is 0. The number of nitrogens with zero attached hydrogens (tertiary/aromatic N) is 3. The van der Waals surface area contributed by atoms with Crippen molar-refractivity contribution in [1.29, 1.82) is 5.26 Å². The number of aliphatic hydroxyl groups excluding tert-OH is 1. The maximum Gasteiger partial charge on any atom is 0.163 e. The van der Waals surface area contributed by atoms with Crippen LogP contribution in [-0.4, -0.2) is 28.0 Å². The summed E-state index contributed by atoms with van der Waals surface area (Å²) in [7, 11) is 0. The summed E-state index contributed by atoms with van der Waals surface area (Å²) in [5.41, 5.74) is 0.280. The lowest BCUT2D eigenvalue weighted by Crippen LogP contribution is -2.16. The lowest BCUT2D eigenvalue weighted by Gasteiger charge is -2.05. The molecule has 0 bridgehead atoms. The van der Waals surface area contributed by atoms with E-state index in [1.54, 1.807) is 19.1 Å². The highest BCUT2D eigenvalue weighted by molar-refractivity contribution is 5.35. The second kappa shape index (κ2) is 4.38. The molecule has 1 aromatic heterocycles. The van der Waals surface area contributed by atoms with Crippen LogP contribution in [0.1, 0.15) is 12.6 Å². The third-order valence-corrected chi connectivity index (χ3v) is 1.36. The average Bonchev–Trinajstić information content (AvgIpc) is 2.15. The van der Waals surface area contributed by atoms with Crippen LogP contribution in [0.2, 0.25) is 0 Å². The van der Waals surface area contributed by atoms with E-state index in [1.165, 1.54) is 0 Å². The van der Waals surface area contributed by atoms with Crippen molar-refractivity contribution in [2.75, 3.05) is 11.9 Å². The first kappa shape index (κ1) is 9.42. The first-order valence-electron chi connectivity index (χ1n) is 3.88. The molecule has 13 heavy (non-hydrogen) atoms. The second-order valence-corrected chi connectivity index (χ2v) is 2.65. The normalized spacial score (nSPS) is 11.8. The number of aromatic nitrogens is 2. The maximum atomic E-state index is 8.95. The van der Waals surface area contributed by atoms with Gasteiger partial charge in [-0.05, 0) is 19.1 Å². The number of nitriles is 1. The molecule has 0 aliphatic rings. The minimum Gasteiger partial charge on any atom is -0.392 e. The van der Waals surface area contributed by atoms with Crippen LogP contribution in [0.3, 0.4) is 0 Å². The van der Waals surface area contributed by atoms with Gasteiger partial charge < -0.3 is 10.4 Å². The van der Waals surface area contributed by atoms with E-state index >= 15 is 0 Å². The van der Waals surface area contributed by atoms with E-state index in [9.17, 15) is 0 Å². The molecule has 2 N–H and O–H groups in total. The minimum atomic E-state index is -0.433. The first-order valence-corrected chi connectivity index (χ1v) is 3.88. The van der Waals surface area contributed by atoms with E-state index in [1.807, 2.05) is 6.07 Å². The topological polar surface area (TPSA) is 81.8 Å². The average molecular weight is 178 g/mol. The summed E-state index contributed by atoms with van der Waals surface area (Å²) >= 11 is 0. The summed E-state index contributed by atoms with van der Waals surface area (Å²) < 4.78 is 0. The maximum absolute atomic E-state index is 8.95. The Labute approximate surface area is 76.0 Å². The van der Waals surface area contributed by atoms with E-state index in [-0.39, 0.29) is 5.69 Å². The van der Waals surface area contributed by atoms with Crippen molar-refractivity contribution in [1.82, 2.24) is 10.2 Å². The van der Waals surface area contributed by atoms with E-state index < -0.39 is 6.10 Å². The standard InChI is InChI=1S/C8H10N4O/c1-6(13)5-10-8-3-2-7(4-9)11-12-8/h2-3,6,13H,5H2,1H3,(H,10,12)/t6-/m0/s1. The van der Waals surface area contributed by atoms with E-state index in [0.29, 0.717) is 12.4 Å². The van der Waals surface area contributed by atoms with Crippen molar-refractivity contribution in [2.24, 2.45) is 0 Å². The largest absolute Gasteiger partial charge is 0.392 e. The number of hydrogen-bond donors (Lipinski definition) is 2. The molecule has 1 heterocycles. The molecule has 0 amide bonds. The van der Waals surface area contributed by atoms with Crippen molar-refractivity contribution < 1.29 is 5.11 Å². The summed E-state index contributed by atoms with van der Waals surface area (Å²) in [6, 6.07) is 5.08. The Morgan fingerprint density at radius 3 is 2.85 bits per heavy atom. The van der Waals surface area contributed by atoms with Gasteiger partial charge in [0.25, 0.3) is 0 Å². The quantitative estimate of drug-likeness (QED) is 0.688. The molecule has 0 spiro atoms. The van der Waals surface area contributed by atoms with Gasteiger partial charge in [-0.15, -0.1) is 10.2 Å². The van der Waals surface area contributed by atoms with Gasteiger partial charge in [0.2, 0.25) is 0 Å². The number of aliphatic hydroxyl groups is 1. The number of hydrogen-bond acceptors (Lipinski definition) is 5.